The quantitative estimate of drug-likeness (QED) is 0.631. The zero-order valence-corrected chi connectivity index (χ0v) is 16.8. The van der Waals surface area contributed by atoms with Crippen molar-refractivity contribution < 1.29 is 14.1 Å². The summed E-state index contributed by atoms with van der Waals surface area (Å²) in [4.78, 5) is 12.5. The average Bonchev–Trinajstić information content (AvgIpc) is 3.00. The summed E-state index contributed by atoms with van der Waals surface area (Å²) in [6.07, 6.45) is 6.06. The van der Waals surface area contributed by atoms with Gasteiger partial charge in [0.2, 0.25) is 0 Å². The Morgan fingerprint density at radius 1 is 1.21 bits per heavy atom. The van der Waals surface area contributed by atoms with Crippen LogP contribution < -0.4 is 14.2 Å². The zero-order chi connectivity index (χ0) is 17.8. The van der Waals surface area contributed by atoms with Crippen molar-refractivity contribution in [2.24, 2.45) is 0 Å². The van der Waals surface area contributed by atoms with Crippen LogP contribution in [0.4, 0.5) is 0 Å². The SMILES string of the molecule is CC1(C)OB(c2ccc(C3CC(C=O)NS(C)(C)N3)s2)OC1(C)C. The lowest BCUT2D eigenvalue weighted by Gasteiger charge is -2.44. The van der Waals surface area contributed by atoms with Crippen LogP contribution in [-0.2, 0) is 14.1 Å². The third kappa shape index (κ3) is 3.45. The topological polar surface area (TPSA) is 59.6 Å². The smallest absolute Gasteiger partial charge is 0.399 e. The molecule has 2 aliphatic heterocycles. The summed E-state index contributed by atoms with van der Waals surface area (Å²) in [5.74, 6) is 0. The summed E-state index contributed by atoms with van der Waals surface area (Å²) in [6.45, 7) is 8.26. The summed E-state index contributed by atoms with van der Waals surface area (Å²) in [5, 5.41) is 0. The second-order valence-corrected chi connectivity index (χ2v) is 12.2. The first kappa shape index (κ1) is 18.4. The van der Waals surface area contributed by atoms with Crippen molar-refractivity contribution in [2.45, 2.75) is 57.4 Å². The molecule has 0 bridgehead atoms. The fourth-order valence-electron chi connectivity index (χ4n) is 3.02. The minimum Gasteiger partial charge on any atom is -0.399 e. The Bertz CT molecular complexity index is 617. The van der Waals surface area contributed by atoms with E-state index in [1.807, 2.05) is 0 Å². The van der Waals surface area contributed by atoms with Crippen LogP contribution in [0.15, 0.2) is 12.1 Å². The summed E-state index contributed by atoms with van der Waals surface area (Å²) >= 11 is 1.71. The highest BCUT2D eigenvalue weighted by Gasteiger charge is 2.52. The molecule has 5 nitrogen and oxygen atoms in total. The highest BCUT2D eigenvalue weighted by Crippen LogP contribution is 2.42. The number of carbonyl (C=O) groups is 1. The molecule has 8 heteroatoms. The van der Waals surface area contributed by atoms with Gasteiger partial charge in [0.15, 0.2) is 0 Å². The largest absolute Gasteiger partial charge is 0.505 e. The molecule has 24 heavy (non-hydrogen) atoms. The highest BCUT2D eigenvalue weighted by molar-refractivity contribution is 8.29. The van der Waals surface area contributed by atoms with Crippen LogP contribution in [0.1, 0.15) is 45.0 Å². The Labute approximate surface area is 150 Å². The van der Waals surface area contributed by atoms with Gasteiger partial charge in [0.1, 0.15) is 6.29 Å². The van der Waals surface area contributed by atoms with Crippen LogP contribution in [-0.4, -0.2) is 43.2 Å². The molecule has 1 aromatic rings. The van der Waals surface area contributed by atoms with Gasteiger partial charge in [-0.1, -0.05) is 6.07 Å². The molecule has 1 aromatic heterocycles. The predicted octanol–water partition coefficient (Wildman–Crippen LogP) is 2.13. The minimum atomic E-state index is -1.18. The van der Waals surface area contributed by atoms with E-state index in [1.165, 1.54) is 4.88 Å². The van der Waals surface area contributed by atoms with E-state index in [9.17, 15) is 4.79 Å². The van der Waals surface area contributed by atoms with Crippen LogP contribution in [0.25, 0.3) is 0 Å². The van der Waals surface area contributed by atoms with E-state index < -0.39 is 10.4 Å². The maximum absolute atomic E-state index is 11.3. The van der Waals surface area contributed by atoms with Gasteiger partial charge in [-0.05, 0) is 52.7 Å². The fourth-order valence-corrected chi connectivity index (χ4v) is 6.04. The molecule has 0 aliphatic carbocycles. The van der Waals surface area contributed by atoms with Crippen molar-refractivity contribution >= 4 is 39.9 Å². The van der Waals surface area contributed by atoms with Crippen molar-refractivity contribution in [1.82, 2.24) is 9.44 Å². The van der Waals surface area contributed by atoms with Gasteiger partial charge in [0.05, 0.1) is 23.3 Å². The van der Waals surface area contributed by atoms with Crippen LogP contribution in [0, 0.1) is 0 Å². The molecular formula is C16H27BN2O3S2. The number of hydrogen-bond acceptors (Lipinski definition) is 6. The first-order valence-electron chi connectivity index (χ1n) is 8.21. The molecule has 2 saturated heterocycles. The van der Waals surface area contributed by atoms with Crippen molar-refractivity contribution in [1.29, 1.82) is 0 Å². The predicted molar refractivity (Wildman–Crippen MR) is 103 cm³/mol. The Hall–Kier alpha value is -0.375. The molecule has 2 aliphatic rings. The summed E-state index contributed by atoms with van der Waals surface area (Å²) < 4.78 is 20.4. The molecule has 0 amide bonds. The van der Waals surface area contributed by atoms with Gasteiger partial charge in [0.25, 0.3) is 0 Å². The third-order valence-corrected chi connectivity index (χ3v) is 8.00. The molecule has 2 N–H and O–H groups in total. The Kier molecular flexibility index (Phi) is 4.69. The van der Waals surface area contributed by atoms with E-state index in [1.54, 1.807) is 11.3 Å². The second kappa shape index (κ2) is 6.11. The zero-order valence-electron chi connectivity index (χ0n) is 15.2. The van der Waals surface area contributed by atoms with Crippen molar-refractivity contribution in [3.63, 3.8) is 0 Å². The molecule has 2 unspecified atom stereocenters. The number of rotatable bonds is 3. The molecule has 0 saturated carbocycles. The normalized spacial score (nSPS) is 32.5. The lowest BCUT2D eigenvalue weighted by molar-refractivity contribution is -0.109. The maximum atomic E-state index is 11.3. The molecule has 2 fully saturated rings. The van der Waals surface area contributed by atoms with E-state index in [4.69, 9.17) is 9.31 Å². The van der Waals surface area contributed by atoms with Gasteiger partial charge >= 0.3 is 7.12 Å². The lowest BCUT2D eigenvalue weighted by Crippen LogP contribution is -2.47. The van der Waals surface area contributed by atoms with Gasteiger partial charge in [-0.25, -0.2) is 0 Å². The molecule has 0 aromatic carbocycles. The van der Waals surface area contributed by atoms with E-state index >= 15 is 0 Å². The standard InChI is InChI=1S/C16H27BN2O3S2/c1-15(2)16(3,4)22-17(21-15)14-8-7-13(23-14)12-9-11(10-20)18-24(5,6)19-12/h7-8,10-12,18-19H,9H2,1-6H3. The maximum Gasteiger partial charge on any atom is 0.505 e. The van der Waals surface area contributed by atoms with Gasteiger partial charge in [-0.2, -0.15) is 0 Å². The summed E-state index contributed by atoms with van der Waals surface area (Å²) in [5.41, 5.74) is -0.660. The van der Waals surface area contributed by atoms with E-state index in [2.05, 4.69) is 61.8 Å². The number of thiophene rings is 1. The van der Waals surface area contributed by atoms with E-state index in [-0.39, 0.29) is 30.4 Å². The number of aldehydes is 1. The van der Waals surface area contributed by atoms with Gasteiger partial charge in [-0.3, -0.25) is 9.44 Å². The van der Waals surface area contributed by atoms with Crippen LogP contribution in [0.5, 0.6) is 0 Å². The third-order valence-electron chi connectivity index (χ3n) is 5.01. The van der Waals surface area contributed by atoms with Gasteiger partial charge < -0.3 is 14.1 Å². The molecule has 3 heterocycles. The molecule has 2 atom stereocenters. The monoisotopic (exact) mass is 370 g/mol. The average molecular weight is 370 g/mol. The number of hydrogen-bond donors (Lipinski definition) is 2. The summed E-state index contributed by atoms with van der Waals surface area (Å²) in [7, 11) is -1.50. The van der Waals surface area contributed by atoms with Crippen molar-refractivity contribution in [3.8, 4) is 0 Å². The molecular weight excluding hydrogens is 343 g/mol. The Morgan fingerprint density at radius 3 is 2.42 bits per heavy atom. The fraction of sp³-hybridized carbons (Fsp3) is 0.688. The van der Waals surface area contributed by atoms with Gasteiger partial charge in [0, 0.05) is 9.65 Å². The molecule has 0 radical (unpaired) electrons. The van der Waals surface area contributed by atoms with Gasteiger partial charge in [-0.15, -0.1) is 21.7 Å². The Morgan fingerprint density at radius 2 is 1.83 bits per heavy atom. The molecule has 3 rings (SSSR count). The lowest BCUT2D eigenvalue weighted by atomic mass is 9.88. The molecule has 0 spiro atoms. The Balaban J connectivity index is 1.78. The highest BCUT2D eigenvalue weighted by atomic mass is 32.3. The second-order valence-electron chi connectivity index (χ2n) is 7.92. The molecule has 134 valence electrons. The van der Waals surface area contributed by atoms with Crippen LogP contribution in [0.2, 0.25) is 0 Å². The van der Waals surface area contributed by atoms with E-state index in [0.29, 0.717) is 0 Å². The van der Waals surface area contributed by atoms with Crippen LogP contribution in [0.3, 0.4) is 0 Å². The first-order valence-corrected chi connectivity index (χ1v) is 11.5. The van der Waals surface area contributed by atoms with Crippen molar-refractivity contribution in [2.75, 3.05) is 12.5 Å². The van der Waals surface area contributed by atoms with Crippen LogP contribution >= 0.6 is 21.7 Å². The first-order chi connectivity index (χ1) is 11.0. The minimum absolute atomic E-state index is 0.0938. The summed E-state index contributed by atoms with van der Waals surface area (Å²) in [6, 6.07) is 4.31. The van der Waals surface area contributed by atoms with Crippen molar-refractivity contribution in [3.05, 3.63) is 17.0 Å². The van der Waals surface area contributed by atoms with E-state index in [0.717, 1.165) is 17.5 Å². The number of carbonyl (C=O) groups excluding carboxylic acids is 1. The number of nitrogens with one attached hydrogen (secondary N) is 2.